The molecule has 21 heavy (non-hydrogen) atoms. The van der Waals surface area contributed by atoms with Crippen molar-refractivity contribution in [1.29, 1.82) is 0 Å². The molecule has 1 amide bonds. The summed E-state index contributed by atoms with van der Waals surface area (Å²) in [5.41, 5.74) is 5.91. The number of carbonyl (C=O) groups excluding carboxylic acids is 1. The molecule has 1 aromatic carbocycles. The van der Waals surface area contributed by atoms with Crippen molar-refractivity contribution in [3.05, 3.63) is 29.6 Å². The number of nitrogens with two attached hydrogens (primary N) is 1. The van der Waals surface area contributed by atoms with Crippen molar-refractivity contribution >= 4 is 5.91 Å². The minimum absolute atomic E-state index is 0.190. The third kappa shape index (κ3) is 5.34. The van der Waals surface area contributed by atoms with Gasteiger partial charge in [-0.25, -0.2) is 4.39 Å². The van der Waals surface area contributed by atoms with Crippen LogP contribution in [0.25, 0.3) is 0 Å². The summed E-state index contributed by atoms with van der Waals surface area (Å²) in [4.78, 5) is 12.1. The van der Waals surface area contributed by atoms with E-state index in [2.05, 4.69) is 5.32 Å². The lowest BCUT2D eigenvalue weighted by molar-refractivity contribution is -0.129. The van der Waals surface area contributed by atoms with Crippen LogP contribution in [0.3, 0.4) is 0 Å². The quantitative estimate of drug-likeness (QED) is 0.812. The summed E-state index contributed by atoms with van der Waals surface area (Å²) in [5, 5.41) is 2.93. The first kappa shape index (κ1) is 17.4. The summed E-state index contributed by atoms with van der Waals surface area (Å²) in [6.07, 6.45) is 0.667. The first-order chi connectivity index (χ1) is 9.79. The zero-order valence-corrected chi connectivity index (χ0v) is 13.2. The maximum absolute atomic E-state index is 13.3. The van der Waals surface area contributed by atoms with Gasteiger partial charge in [-0.15, -0.1) is 0 Å². The molecule has 0 heterocycles. The Morgan fingerprint density at radius 3 is 2.71 bits per heavy atom. The molecule has 0 spiro atoms. The molecule has 5 heteroatoms. The minimum atomic E-state index is -0.655. The Hall–Kier alpha value is -1.62. The monoisotopic (exact) mass is 296 g/mol. The van der Waals surface area contributed by atoms with Gasteiger partial charge in [0.2, 0.25) is 0 Å². The molecule has 0 aliphatic rings. The summed E-state index contributed by atoms with van der Waals surface area (Å²) < 4.78 is 18.9. The molecule has 0 radical (unpaired) electrons. The van der Waals surface area contributed by atoms with Gasteiger partial charge in [-0.3, -0.25) is 4.79 Å². The van der Waals surface area contributed by atoms with E-state index < -0.39 is 6.10 Å². The second-order valence-corrected chi connectivity index (χ2v) is 5.78. The van der Waals surface area contributed by atoms with Crippen molar-refractivity contribution in [2.45, 2.75) is 52.2 Å². The fourth-order valence-corrected chi connectivity index (χ4v) is 1.78. The van der Waals surface area contributed by atoms with Crippen molar-refractivity contribution in [1.82, 2.24) is 5.32 Å². The van der Waals surface area contributed by atoms with Gasteiger partial charge >= 0.3 is 0 Å². The lowest BCUT2D eigenvalue weighted by atomic mass is 10.0. The summed E-state index contributed by atoms with van der Waals surface area (Å²) in [7, 11) is 0. The highest BCUT2D eigenvalue weighted by molar-refractivity contribution is 5.81. The van der Waals surface area contributed by atoms with Crippen LogP contribution < -0.4 is 15.8 Å². The van der Waals surface area contributed by atoms with Crippen LogP contribution in [0.2, 0.25) is 0 Å². The molecule has 4 nitrogen and oxygen atoms in total. The van der Waals surface area contributed by atoms with Crippen LogP contribution in [-0.2, 0) is 11.2 Å². The molecule has 118 valence electrons. The Balaban J connectivity index is 2.78. The van der Waals surface area contributed by atoms with Gasteiger partial charge < -0.3 is 15.8 Å². The summed E-state index contributed by atoms with van der Waals surface area (Å²) >= 11 is 0. The molecular formula is C16H25FN2O2. The van der Waals surface area contributed by atoms with Crippen LogP contribution in [0.1, 0.15) is 39.7 Å². The molecule has 0 fully saturated rings. The van der Waals surface area contributed by atoms with Crippen molar-refractivity contribution in [3.8, 4) is 5.75 Å². The molecule has 0 bridgehead atoms. The van der Waals surface area contributed by atoms with Gasteiger partial charge in [0.05, 0.1) is 0 Å². The Labute approximate surface area is 125 Å². The molecule has 3 N–H and O–H groups in total. The van der Waals surface area contributed by atoms with Gasteiger partial charge in [0.15, 0.2) is 6.10 Å². The normalized spacial score (nSPS) is 12.9. The highest BCUT2D eigenvalue weighted by atomic mass is 19.1. The fraction of sp³-hybridized carbons (Fsp3) is 0.562. The molecule has 1 unspecified atom stereocenters. The van der Waals surface area contributed by atoms with Crippen molar-refractivity contribution in [2.24, 2.45) is 5.73 Å². The molecule has 0 aromatic heterocycles. The number of benzene rings is 1. The fourth-order valence-electron chi connectivity index (χ4n) is 1.78. The molecule has 1 aromatic rings. The summed E-state index contributed by atoms with van der Waals surface area (Å²) in [6, 6.07) is 4.24. The van der Waals surface area contributed by atoms with Gasteiger partial charge in [0.25, 0.3) is 5.91 Å². The topological polar surface area (TPSA) is 64.3 Å². The molecule has 0 saturated heterocycles. The van der Waals surface area contributed by atoms with Crippen molar-refractivity contribution in [3.63, 3.8) is 0 Å². The van der Waals surface area contributed by atoms with E-state index in [0.29, 0.717) is 24.3 Å². The predicted molar refractivity (Wildman–Crippen MR) is 81.8 cm³/mol. The van der Waals surface area contributed by atoms with Gasteiger partial charge in [-0.1, -0.05) is 6.92 Å². The average molecular weight is 296 g/mol. The third-order valence-corrected chi connectivity index (χ3v) is 3.45. The molecular weight excluding hydrogens is 271 g/mol. The zero-order chi connectivity index (χ0) is 16.0. The van der Waals surface area contributed by atoms with Gasteiger partial charge in [0, 0.05) is 5.54 Å². The van der Waals surface area contributed by atoms with E-state index in [4.69, 9.17) is 10.5 Å². The van der Waals surface area contributed by atoms with Gasteiger partial charge in [0.1, 0.15) is 11.6 Å². The Kier molecular flexibility index (Phi) is 6.15. The van der Waals surface area contributed by atoms with Crippen LogP contribution >= 0.6 is 0 Å². The summed E-state index contributed by atoms with van der Waals surface area (Å²) in [5.74, 6) is -0.0290. The second kappa shape index (κ2) is 7.41. The molecule has 0 saturated carbocycles. The van der Waals surface area contributed by atoms with Crippen LogP contribution in [0.5, 0.6) is 5.75 Å². The number of ether oxygens (including phenoxy) is 1. The molecule has 1 rings (SSSR count). The van der Waals surface area contributed by atoms with E-state index in [1.807, 2.05) is 20.8 Å². The molecule has 0 aliphatic heterocycles. The first-order valence-corrected chi connectivity index (χ1v) is 7.26. The second-order valence-electron chi connectivity index (χ2n) is 5.78. The number of rotatable bonds is 7. The molecule has 1 atom stereocenters. The number of carbonyl (C=O) groups is 1. The number of hydrogen-bond acceptors (Lipinski definition) is 3. The third-order valence-electron chi connectivity index (χ3n) is 3.45. The van der Waals surface area contributed by atoms with Crippen LogP contribution in [0.15, 0.2) is 18.2 Å². The highest BCUT2D eigenvalue weighted by Gasteiger charge is 2.23. The van der Waals surface area contributed by atoms with E-state index >= 15 is 0 Å². The van der Waals surface area contributed by atoms with Crippen LogP contribution in [0.4, 0.5) is 4.39 Å². The van der Waals surface area contributed by atoms with E-state index in [1.165, 1.54) is 18.2 Å². The van der Waals surface area contributed by atoms with E-state index in [1.54, 1.807) is 6.92 Å². The number of halogens is 1. The highest BCUT2D eigenvalue weighted by Crippen LogP contribution is 2.21. The first-order valence-electron chi connectivity index (χ1n) is 7.26. The van der Waals surface area contributed by atoms with E-state index in [9.17, 15) is 9.18 Å². The van der Waals surface area contributed by atoms with Crippen molar-refractivity contribution in [2.75, 3.05) is 6.54 Å². The maximum Gasteiger partial charge on any atom is 0.261 e. The number of nitrogens with one attached hydrogen (secondary N) is 1. The predicted octanol–water partition coefficient (Wildman–Crippen LogP) is 2.40. The van der Waals surface area contributed by atoms with Crippen molar-refractivity contribution < 1.29 is 13.9 Å². The Morgan fingerprint density at radius 1 is 1.48 bits per heavy atom. The minimum Gasteiger partial charge on any atom is -0.481 e. The number of hydrogen-bond donors (Lipinski definition) is 2. The lowest BCUT2D eigenvalue weighted by Crippen LogP contribution is -2.48. The Bertz CT molecular complexity index is 489. The number of amides is 1. The summed E-state index contributed by atoms with van der Waals surface area (Å²) in [6.45, 7) is 7.98. The zero-order valence-electron chi connectivity index (χ0n) is 13.2. The van der Waals surface area contributed by atoms with Gasteiger partial charge in [-0.2, -0.15) is 0 Å². The van der Waals surface area contributed by atoms with Crippen LogP contribution in [0, 0.1) is 5.82 Å². The molecule has 0 aliphatic carbocycles. The smallest absolute Gasteiger partial charge is 0.261 e. The maximum atomic E-state index is 13.3. The lowest BCUT2D eigenvalue weighted by Gasteiger charge is -2.27. The van der Waals surface area contributed by atoms with Crippen LogP contribution in [-0.4, -0.2) is 24.1 Å². The van der Waals surface area contributed by atoms with Gasteiger partial charge in [-0.05, 0) is 63.9 Å². The average Bonchev–Trinajstić information content (AvgIpc) is 2.41. The SMILES string of the molecule is CCC(C)(C)NC(=O)C(C)Oc1ccc(F)cc1CCN. The Morgan fingerprint density at radius 2 is 2.14 bits per heavy atom. The largest absolute Gasteiger partial charge is 0.481 e. The standard InChI is InChI=1S/C16H25FN2O2/c1-5-16(3,4)19-15(20)11(2)21-14-7-6-13(17)10-12(14)8-9-18/h6-7,10-11H,5,8-9,18H2,1-4H3,(H,19,20). The van der Waals surface area contributed by atoms with E-state index in [0.717, 1.165) is 6.42 Å². The van der Waals surface area contributed by atoms with E-state index in [-0.39, 0.29) is 17.3 Å².